The summed E-state index contributed by atoms with van der Waals surface area (Å²) in [6, 6.07) is 6.68. The number of rotatable bonds is 6. The minimum atomic E-state index is -0.453. The number of hydrogen-bond acceptors (Lipinski definition) is 5. The van der Waals surface area contributed by atoms with Gasteiger partial charge in [-0.15, -0.1) is 11.3 Å². The highest BCUT2D eigenvalue weighted by Gasteiger charge is 2.13. The first kappa shape index (κ1) is 17.6. The van der Waals surface area contributed by atoms with E-state index in [4.69, 9.17) is 0 Å². The lowest BCUT2D eigenvalue weighted by Crippen LogP contribution is -2.29. The average molecular weight is 398 g/mol. The zero-order valence-electron chi connectivity index (χ0n) is 12.7. The molecule has 8 heteroatoms. The van der Waals surface area contributed by atoms with Gasteiger partial charge in [-0.1, -0.05) is 6.07 Å². The number of nitro benzene ring substituents is 1. The minimum Gasteiger partial charge on any atom is -0.325 e. The lowest BCUT2D eigenvalue weighted by atomic mass is 10.2. The quantitative estimate of drug-likeness (QED) is 0.593. The summed E-state index contributed by atoms with van der Waals surface area (Å²) in [5.74, 6) is -0.207. The fraction of sp³-hybridized carbons (Fsp3) is 0.267. The summed E-state index contributed by atoms with van der Waals surface area (Å²) in [4.78, 5) is 25.6. The molecule has 0 saturated carbocycles. The van der Waals surface area contributed by atoms with Crippen LogP contribution in [0.25, 0.3) is 0 Å². The Hall–Kier alpha value is -1.77. The number of anilines is 1. The molecule has 0 aliphatic heterocycles. The number of halogens is 1. The van der Waals surface area contributed by atoms with Crippen LogP contribution in [0.1, 0.15) is 10.4 Å². The molecule has 1 amide bonds. The summed E-state index contributed by atoms with van der Waals surface area (Å²) in [5.41, 5.74) is 0.993. The fourth-order valence-corrected chi connectivity index (χ4v) is 3.62. The van der Waals surface area contributed by atoms with Gasteiger partial charge in [-0.2, -0.15) is 0 Å². The summed E-state index contributed by atoms with van der Waals surface area (Å²) >= 11 is 5.02. The van der Waals surface area contributed by atoms with Crippen LogP contribution in [0.3, 0.4) is 0 Å². The van der Waals surface area contributed by atoms with E-state index in [2.05, 4.69) is 21.2 Å². The highest BCUT2D eigenvalue weighted by atomic mass is 79.9. The Morgan fingerprint density at radius 2 is 2.17 bits per heavy atom. The van der Waals surface area contributed by atoms with Gasteiger partial charge in [0, 0.05) is 38.6 Å². The number of aryl methyl sites for hydroxylation is 1. The van der Waals surface area contributed by atoms with E-state index in [0.29, 0.717) is 17.8 Å². The number of carbonyl (C=O) groups is 1. The molecule has 1 aromatic carbocycles. The largest absolute Gasteiger partial charge is 0.325 e. The number of nitrogens with zero attached hydrogens (tertiary/aromatic N) is 2. The van der Waals surface area contributed by atoms with Crippen LogP contribution >= 0.6 is 27.3 Å². The van der Waals surface area contributed by atoms with E-state index >= 15 is 0 Å². The molecule has 0 radical (unpaired) electrons. The van der Waals surface area contributed by atoms with Crippen LogP contribution in [0.15, 0.2) is 34.1 Å². The third kappa shape index (κ3) is 5.12. The van der Waals surface area contributed by atoms with Crippen molar-refractivity contribution >= 4 is 44.5 Å². The molecule has 0 saturated heterocycles. The second kappa shape index (κ2) is 7.67. The Labute approximate surface area is 146 Å². The third-order valence-corrected chi connectivity index (χ3v) is 4.83. The van der Waals surface area contributed by atoms with Crippen molar-refractivity contribution in [2.24, 2.45) is 0 Å². The van der Waals surface area contributed by atoms with E-state index < -0.39 is 4.92 Å². The average Bonchev–Trinajstić information content (AvgIpc) is 2.85. The van der Waals surface area contributed by atoms with Crippen LogP contribution in [0, 0.1) is 17.0 Å². The Balaban J connectivity index is 1.94. The van der Waals surface area contributed by atoms with Crippen LogP contribution in [-0.4, -0.2) is 29.3 Å². The van der Waals surface area contributed by atoms with E-state index in [-0.39, 0.29) is 18.1 Å². The van der Waals surface area contributed by atoms with Crippen molar-refractivity contribution in [3.05, 3.63) is 54.7 Å². The number of nitrogens with one attached hydrogen (secondary N) is 1. The van der Waals surface area contributed by atoms with Crippen molar-refractivity contribution in [1.29, 1.82) is 0 Å². The molecule has 0 spiro atoms. The van der Waals surface area contributed by atoms with Crippen molar-refractivity contribution in [2.75, 3.05) is 18.9 Å². The molecular weight excluding hydrogens is 382 g/mol. The number of hydrogen-bond donors (Lipinski definition) is 1. The van der Waals surface area contributed by atoms with E-state index in [1.807, 2.05) is 23.4 Å². The summed E-state index contributed by atoms with van der Waals surface area (Å²) in [6.45, 7) is 2.53. The van der Waals surface area contributed by atoms with Gasteiger partial charge in [-0.3, -0.25) is 19.8 Å². The molecule has 6 nitrogen and oxygen atoms in total. The molecule has 0 aliphatic carbocycles. The number of likely N-dealkylation sites (N-methyl/N-ethyl adjacent to an activating group) is 1. The van der Waals surface area contributed by atoms with Gasteiger partial charge in [0.25, 0.3) is 5.69 Å². The first-order valence-electron chi connectivity index (χ1n) is 6.81. The Morgan fingerprint density at radius 1 is 1.43 bits per heavy atom. The molecule has 2 rings (SSSR count). The number of carbonyl (C=O) groups excluding carboxylic acids is 1. The van der Waals surface area contributed by atoms with Crippen LogP contribution in [0.5, 0.6) is 0 Å². The van der Waals surface area contributed by atoms with Gasteiger partial charge < -0.3 is 5.32 Å². The zero-order chi connectivity index (χ0) is 17.0. The summed E-state index contributed by atoms with van der Waals surface area (Å²) in [6.07, 6.45) is 0. The zero-order valence-corrected chi connectivity index (χ0v) is 15.1. The molecular formula is C15H16BrN3O3S. The predicted molar refractivity (Wildman–Crippen MR) is 94.8 cm³/mol. The molecule has 23 heavy (non-hydrogen) atoms. The maximum absolute atomic E-state index is 12.1. The molecule has 0 fully saturated rings. The van der Waals surface area contributed by atoms with Crippen molar-refractivity contribution in [1.82, 2.24) is 4.90 Å². The van der Waals surface area contributed by atoms with Crippen molar-refractivity contribution < 1.29 is 9.72 Å². The monoisotopic (exact) mass is 397 g/mol. The van der Waals surface area contributed by atoms with Gasteiger partial charge in [0.1, 0.15) is 0 Å². The lowest BCUT2D eigenvalue weighted by molar-refractivity contribution is -0.385. The van der Waals surface area contributed by atoms with Crippen LogP contribution in [0.4, 0.5) is 11.4 Å². The Bertz CT molecular complexity index is 733. The lowest BCUT2D eigenvalue weighted by Gasteiger charge is -2.15. The molecule has 0 aliphatic rings. The van der Waals surface area contributed by atoms with Crippen molar-refractivity contribution in [3.63, 3.8) is 0 Å². The van der Waals surface area contributed by atoms with Crippen molar-refractivity contribution in [2.45, 2.75) is 13.5 Å². The predicted octanol–water partition coefficient (Wildman–Crippen LogP) is 3.80. The smallest absolute Gasteiger partial charge is 0.274 e. The number of nitro groups is 1. The van der Waals surface area contributed by atoms with Gasteiger partial charge in [0.2, 0.25) is 5.91 Å². The van der Waals surface area contributed by atoms with Crippen molar-refractivity contribution in [3.8, 4) is 0 Å². The first-order valence-corrected chi connectivity index (χ1v) is 8.49. The molecule has 1 N–H and O–H groups in total. The first-order chi connectivity index (χ1) is 10.8. The third-order valence-electron chi connectivity index (χ3n) is 3.15. The summed E-state index contributed by atoms with van der Waals surface area (Å²) in [7, 11) is 1.85. The van der Waals surface area contributed by atoms with Gasteiger partial charge in [-0.25, -0.2) is 0 Å². The van der Waals surface area contributed by atoms with Gasteiger partial charge in [-0.05, 0) is 42.0 Å². The minimum absolute atomic E-state index is 0.000379. The molecule has 0 unspecified atom stereocenters. The van der Waals surface area contributed by atoms with E-state index in [0.717, 1.165) is 9.35 Å². The number of benzene rings is 1. The number of amides is 1. The normalized spacial score (nSPS) is 10.8. The maximum atomic E-state index is 12.1. The maximum Gasteiger partial charge on any atom is 0.274 e. The van der Waals surface area contributed by atoms with E-state index in [9.17, 15) is 14.9 Å². The van der Waals surface area contributed by atoms with Crippen LogP contribution < -0.4 is 5.32 Å². The SMILES string of the molecule is Cc1ccc(NC(=O)CN(C)Cc2cc(Br)cs2)cc1[N+](=O)[O-]. The van der Waals surface area contributed by atoms with Gasteiger partial charge >= 0.3 is 0 Å². The molecule has 1 aromatic heterocycles. The highest BCUT2D eigenvalue weighted by Crippen LogP contribution is 2.23. The van der Waals surface area contributed by atoms with Gasteiger partial charge in [0.05, 0.1) is 11.5 Å². The topological polar surface area (TPSA) is 75.5 Å². The van der Waals surface area contributed by atoms with Crippen LogP contribution in [0.2, 0.25) is 0 Å². The highest BCUT2D eigenvalue weighted by molar-refractivity contribution is 9.10. The second-order valence-corrected chi connectivity index (χ2v) is 7.12. The molecule has 1 heterocycles. The Kier molecular flexibility index (Phi) is 5.86. The van der Waals surface area contributed by atoms with E-state index in [1.165, 1.54) is 6.07 Å². The van der Waals surface area contributed by atoms with E-state index in [1.54, 1.807) is 30.4 Å². The Morgan fingerprint density at radius 3 is 2.78 bits per heavy atom. The molecule has 0 bridgehead atoms. The molecule has 0 atom stereocenters. The summed E-state index contributed by atoms with van der Waals surface area (Å²) in [5, 5.41) is 15.6. The number of thiophene rings is 1. The standard InChI is InChI=1S/C15H16BrN3O3S/c1-10-3-4-12(6-14(10)19(21)22)17-15(20)8-18(2)7-13-5-11(16)9-23-13/h3-6,9H,7-8H2,1-2H3,(H,17,20). The summed E-state index contributed by atoms with van der Waals surface area (Å²) < 4.78 is 1.03. The fourth-order valence-electron chi connectivity index (χ4n) is 2.09. The van der Waals surface area contributed by atoms with Gasteiger partial charge in [0.15, 0.2) is 0 Å². The molecule has 2 aromatic rings. The molecule has 122 valence electrons. The second-order valence-electron chi connectivity index (χ2n) is 5.21. The van der Waals surface area contributed by atoms with Crippen LogP contribution in [-0.2, 0) is 11.3 Å².